The van der Waals surface area contributed by atoms with Gasteiger partial charge in [-0.25, -0.2) is 4.39 Å². The SMILES string of the molecule is OCc1ccc(CNc2cnnc(Cl)c2)c(F)c1. The minimum absolute atomic E-state index is 0.172. The van der Waals surface area contributed by atoms with Gasteiger partial charge in [0.2, 0.25) is 0 Å². The predicted molar refractivity (Wildman–Crippen MR) is 66.7 cm³/mol. The number of halogens is 2. The molecule has 1 aromatic heterocycles. The Morgan fingerprint density at radius 1 is 1.33 bits per heavy atom. The van der Waals surface area contributed by atoms with Crippen molar-refractivity contribution >= 4 is 17.3 Å². The van der Waals surface area contributed by atoms with Crippen LogP contribution in [0.4, 0.5) is 10.1 Å². The summed E-state index contributed by atoms with van der Waals surface area (Å²) >= 11 is 5.68. The largest absolute Gasteiger partial charge is 0.392 e. The third-order valence-electron chi connectivity index (χ3n) is 2.41. The Balaban J connectivity index is 2.06. The van der Waals surface area contributed by atoms with Crippen molar-refractivity contribution in [1.82, 2.24) is 10.2 Å². The molecule has 0 spiro atoms. The molecule has 0 unspecified atom stereocenters. The topological polar surface area (TPSA) is 58.0 Å². The van der Waals surface area contributed by atoms with Crippen molar-refractivity contribution in [1.29, 1.82) is 0 Å². The van der Waals surface area contributed by atoms with Crippen molar-refractivity contribution in [2.75, 3.05) is 5.32 Å². The first-order valence-corrected chi connectivity index (χ1v) is 5.67. The molecule has 0 fully saturated rings. The average molecular weight is 268 g/mol. The fourth-order valence-corrected chi connectivity index (χ4v) is 1.63. The van der Waals surface area contributed by atoms with Gasteiger partial charge >= 0.3 is 0 Å². The number of nitrogens with one attached hydrogen (secondary N) is 1. The van der Waals surface area contributed by atoms with E-state index < -0.39 is 0 Å². The molecule has 0 saturated carbocycles. The van der Waals surface area contributed by atoms with Crippen LogP contribution in [0.1, 0.15) is 11.1 Å². The molecule has 0 aliphatic rings. The highest BCUT2D eigenvalue weighted by atomic mass is 35.5. The van der Waals surface area contributed by atoms with Crippen LogP contribution in [0.2, 0.25) is 5.15 Å². The number of aliphatic hydroxyl groups is 1. The Labute approximate surface area is 108 Å². The molecule has 1 heterocycles. The fourth-order valence-electron chi connectivity index (χ4n) is 1.47. The summed E-state index contributed by atoms with van der Waals surface area (Å²) in [6.07, 6.45) is 1.51. The number of benzene rings is 1. The van der Waals surface area contributed by atoms with Gasteiger partial charge in [0.25, 0.3) is 0 Å². The molecule has 6 heteroatoms. The lowest BCUT2D eigenvalue weighted by Gasteiger charge is -2.08. The lowest BCUT2D eigenvalue weighted by molar-refractivity contribution is 0.281. The first kappa shape index (κ1) is 12.7. The van der Waals surface area contributed by atoms with E-state index in [4.69, 9.17) is 16.7 Å². The van der Waals surface area contributed by atoms with Crippen molar-refractivity contribution in [3.63, 3.8) is 0 Å². The van der Waals surface area contributed by atoms with E-state index in [1.807, 2.05) is 0 Å². The number of aliphatic hydroxyl groups excluding tert-OH is 1. The third-order valence-corrected chi connectivity index (χ3v) is 2.59. The van der Waals surface area contributed by atoms with E-state index in [0.717, 1.165) is 0 Å². The first-order valence-electron chi connectivity index (χ1n) is 5.29. The molecule has 18 heavy (non-hydrogen) atoms. The van der Waals surface area contributed by atoms with E-state index >= 15 is 0 Å². The van der Waals surface area contributed by atoms with Crippen molar-refractivity contribution in [2.45, 2.75) is 13.2 Å². The molecule has 2 aromatic rings. The molecule has 2 N–H and O–H groups in total. The van der Waals surface area contributed by atoms with Crippen LogP contribution >= 0.6 is 11.6 Å². The lowest BCUT2D eigenvalue weighted by atomic mass is 10.1. The molecular weight excluding hydrogens is 257 g/mol. The van der Waals surface area contributed by atoms with Gasteiger partial charge in [0.1, 0.15) is 5.82 Å². The number of hydrogen-bond donors (Lipinski definition) is 2. The summed E-state index contributed by atoms with van der Waals surface area (Å²) in [5.74, 6) is -0.359. The quantitative estimate of drug-likeness (QED) is 0.893. The molecule has 0 atom stereocenters. The maximum atomic E-state index is 13.6. The Bertz CT molecular complexity index is 551. The summed E-state index contributed by atoms with van der Waals surface area (Å²) in [4.78, 5) is 0. The minimum Gasteiger partial charge on any atom is -0.392 e. The smallest absolute Gasteiger partial charge is 0.153 e. The Hall–Kier alpha value is -1.72. The standard InChI is InChI=1S/C12H11ClFN3O/c13-12-4-10(6-16-17-12)15-5-9-2-1-8(7-18)3-11(9)14/h1-4,6,18H,5,7H2,(H,15,17). The third kappa shape index (κ3) is 3.15. The van der Waals surface area contributed by atoms with Crippen LogP contribution in [0.5, 0.6) is 0 Å². The van der Waals surface area contributed by atoms with Crippen molar-refractivity contribution in [2.24, 2.45) is 0 Å². The predicted octanol–water partition coefficient (Wildman–Crippen LogP) is 2.37. The second-order valence-electron chi connectivity index (χ2n) is 3.70. The van der Waals surface area contributed by atoms with Crippen LogP contribution in [0.25, 0.3) is 0 Å². The maximum absolute atomic E-state index is 13.6. The van der Waals surface area contributed by atoms with Gasteiger partial charge in [-0.1, -0.05) is 23.7 Å². The van der Waals surface area contributed by atoms with Gasteiger partial charge < -0.3 is 10.4 Å². The number of rotatable bonds is 4. The normalized spacial score (nSPS) is 10.4. The van der Waals surface area contributed by atoms with Gasteiger partial charge in [-0.3, -0.25) is 0 Å². The molecule has 0 saturated heterocycles. The maximum Gasteiger partial charge on any atom is 0.153 e. The Morgan fingerprint density at radius 3 is 2.83 bits per heavy atom. The van der Waals surface area contributed by atoms with E-state index in [2.05, 4.69) is 15.5 Å². The number of aromatic nitrogens is 2. The molecule has 1 aromatic carbocycles. The summed E-state index contributed by atoms with van der Waals surface area (Å²) in [6.45, 7) is 0.133. The van der Waals surface area contributed by atoms with Gasteiger partial charge in [0, 0.05) is 18.2 Å². The van der Waals surface area contributed by atoms with E-state index in [9.17, 15) is 4.39 Å². The van der Waals surface area contributed by atoms with Crippen molar-refractivity contribution in [3.05, 3.63) is 52.6 Å². The van der Waals surface area contributed by atoms with Crippen LogP contribution in [0, 0.1) is 5.82 Å². The molecule has 0 aliphatic heterocycles. The van der Waals surface area contributed by atoms with Gasteiger partial charge in [0.05, 0.1) is 18.5 Å². The summed E-state index contributed by atoms with van der Waals surface area (Å²) in [6, 6.07) is 6.23. The van der Waals surface area contributed by atoms with Crippen LogP contribution < -0.4 is 5.32 Å². The van der Waals surface area contributed by atoms with E-state index in [-0.39, 0.29) is 17.6 Å². The zero-order chi connectivity index (χ0) is 13.0. The minimum atomic E-state index is -0.359. The molecule has 0 aliphatic carbocycles. The fraction of sp³-hybridized carbons (Fsp3) is 0.167. The zero-order valence-corrected chi connectivity index (χ0v) is 10.2. The highest BCUT2D eigenvalue weighted by molar-refractivity contribution is 6.29. The zero-order valence-electron chi connectivity index (χ0n) is 9.40. The summed E-state index contributed by atoms with van der Waals surface area (Å²) < 4.78 is 13.6. The first-order chi connectivity index (χ1) is 8.69. The Kier molecular flexibility index (Phi) is 4.07. The van der Waals surface area contributed by atoms with Crippen LogP contribution in [0.3, 0.4) is 0 Å². The number of nitrogens with zero attached hydrogens (tertiary/aromatic N) is 2. The van der Waals surface area contributed by atoms with Crippen molar-refractivity contribution < 1.29 is 9.50 Å². The second kappa shape index (κ2) is 5.75. The van der Waals surface area contributed by atoms with Gasteiger partial charge in [-0.05, 0) is 11.6 Å². The molecule has 4 nitrogen and oxygen atoms in total. The molecule has 0 bridgehead atoms. The molecule has 0 radical (unpaired) electrons. The highest BCUT2D eigenvalue weighted by Gasteiger charge is 2.04. The second-order valence-corrected chi connectivity index (χ2v) is 4.09. The summed E-state index contributed by atoms with van der Waals surface area (Å²) in [7, 11) is 0. The lowest BCUT2D eigenvalue weighted by Crippen LogP contribution is -2.03. The van der Waals surface area contributed by atoms with E-state index in [1.165, 1.54) is 12.3 Å². The molecular formula is C12H11ClFN3O. The number of hydrogen-bond acceptors (Lipinski definition) is 4. The van der Waals surface area contributed by atoms with Crippen LogP contribution in [-0.4, -0.2) is 15.3 Å². The van der Waals surface area contributed by atoms with Gasteiger partial charge in [0.15, 0.2) is 5.15 Å². The van der Waals surface area contributed by atoms with Gasteiger partial charge in [-0.2, -0.15) is 5.10 Å². The summed E-state index contributed by atoms with van der Waals surface area (Å²) in [5, 5.41) is 19.4. The number of anilines is 1. The van der Waals surface area contributed by atoms with Gasteiger partial charge in [-0.15, -0.1) is 5.10 Å². The van der Waals surface area contributed by atoms with E-state index in [1.54, 1.807) is 18.2 Å². The Morgan fingerprint density at radius 2 is 2.17 bits per heavy atom. The highest BCUT2D eigenvalue weighted by Crippen LogP contribution is 2.14. The summed E-state index contributed by atoms with van der Waals surface area (Å²) in [5.41, 5.74) is 1.71. The monoisotopic (exact) mass is 267 g/mol. The molecule has 94 valence electrons. The van der Waals surface area contributed by atoms with E-state index in [0.29, 0.717) is 23.4 Å². The van der Waals surface area contributed by atoms with Crippen LogP contribution in [0.15, 0.2) is 30.5 Å². The van der Waals surface area contributed by atoms with Crippen molar-refractivity contribution in [3.8, 4) is 0 Å². The van der Waals surface area contributed by atoms with Crippen LogP contribution in [-0.2, 0) is 13.2 Å². The molecule has 2 rings (SSSR count). The molecule has 0 amide bonds. The average Bonchev–Trinajstić information content (AvgIpc) is 2.37.